The van der Waals surface area contributed by atoms with Crippen LogP contribution < -0.4 is 21.1 Å². The van der Waals surface area contributed by atoms with Gasteiger partial charge in [0.1, 0.15) is 23.2 Å². The van der Waals surface area contributed by atoms with E-state index in [0.717, 1.165) is 5.56 Å². The van der Waals surface area contributed by atoms with Gasteiger partial charge >= 0.3 is 0 Å². The number of rotatable bonds is 6. The fourth-order valence-corrected chi connectivity index (χ4v) is 2.41. The lowest BCUT2D eigenvalue weighted by Crippen LogP contribution is -2.14. The molecule has 27 heavy (non-hydrogen) atoms. The Morgan fingerprint density at radius 2 is 1.78 bits per heavy atom. The first-order chi connectivity index (χ1) is 13.0. The maximum Gasteiger partial charge on any atom is 0.255 e. The van der Waals surface area contributed by atoms with E-state index in [4.69, 9.17) is 10.5 Å². The van der Waals surface area contributed by atoms with E-state index < -0.39 is 0 Å². The van der Waals surface area contributed by atoms with Crippen molar-refractivity contribution in [1.82, 2.24) is 4.98 Å². The standard InChI is InChI=1S/C20H19FN4O2/c1-27-16-8-4-14(5-9-16)20(26)24-17-10-11-18(25-19(17)22)23-12-13-2-6-15(21)7-3-13/h2-11H,12H2,1H3,(H,24,26)(H3,22,23,25). The summed E-state index contributed by atoms with van der Waals surface area (Å²) in [6, 6.07) is 16.3. The van der Waals surface area contributed by atoms with Gasteiger partial charge in [0.2, 0.25) is 0 Å². The predicted molar refractivity (Wildman–Crippen MR) is 103 cm³/mol. The molecule has 3 aromatic rings. The molecule has 6 nitrogen and oxygen atoms in total. The number of anilines is 3. The lowest BCUT2D eigenvalue weighted by Gasteiger charge is -2.11. The lowest BCUT2D eigenvalue weighted by atomic mass is 10.2. The normalized spacial score (nSPS) is 10.3. The van der Waals surface area contributed by atoms with E-state index >= 15 is 0 Å². The molecule has 0 aliphatic heterocycles. The fraction of sp³-hybridized carbons (Fsp3) is 0.100. The zero-order chi connectivity index (χ0) is 19.2. The predicted octanol–water partition coefficient (Wildman–Crippen LogP) is 3.68. The third-order valence-corrected chi connectivity index (χ3v) is 3.91. The zero-order valence-corrected chi connectivity index (χ0v) is 14.7. The molecule has 0 bridgehead atoms. The summed E-state index contributed by atoms with van der Waals surface area (Å²) in [6.07, 6.45) is 0. The van der Waals surface area contributed by atoms with Gasteiger partial charge in [0.25, 0.3) is 5.91 Å². The van der Waals surface area contributed by atoms with Crippen LogP contribution >= 0.6 is 0 Å². The summed E-state index contributed by atoms with van der Waals surface area (Å²) in [4.78, 5) is 16.5. The molecule has 0 radical (unpaired) electrons. The smallest absolute Gasteiger partial charge is 0.255 e. The molecule has 0 saturated heterocycles. The second kappa shape index (κ2) is 8.18. The van der Waals surface area contributed by atoms with Gasteiger partial charge < -0.3 is 21.1 Å². The van der Waals surface area contributed by atoms with Gasteiger partial charge in [0.05, 0.1) is 12.8 Å². The van der Waals surface area contributed by atoms with Gasteiger partial charge in [0.15, 0.2) is 0 Å². The molecule has 0 atom stereocenters. The average Bonchev–Trinajstić information content (AvgIpc) is 2.69. The van der Waals surface area contributed by atoms with E-state index in [2.05, 4.69) is 15.6 Å². The van der Waals surface area contributed by atoms with Crippen LogP contribution in [0.4, 0.5) is 21.7 Å². The molecule has 1 amide bonds. The Hall–Kier alpha value is -3.61. The fourth-order valence-electron chi connectivity index (χ4n) is 2.41. The van der Waals surface area contributed by atoms with Crippen molar-refractivity contribution in [3.05, 3.63) is 77.6 Å². The van der Waals surface area contributed by atoms with E-state index in [1.165, 1.54) is 12.1 Å². The molecule has 0 unspecified atom stereocenters. The Labute approximate surface area is 156 Å². The van der Waals surface area contributed by atoms with Crippen molar-refractivity contribution in [3.63, 3.8) is 0 Å². The number of aromatic nitrogens is 1. The van der Waals surface area contributed by atoms with E-state index in [-0.39, 0.29) is 17.5 Å². The quantitative estimate of drug-likeness (QED) is 0.619. The molecular formula is C20H19FN4O2. The number of methoxy groups -OCH3 is 1. The minimum Gasteiger partial charge on any atom is -0.497 e. The summed E-state index contributed by atoms with van der Waals surface area (Å²) in [5.41, 5.74) is 7.76. The summed E-state index contributed by atoms with van der Waals surface area (Å²) in [7, 11) is 1.56. The minimum atomic E-state index is -0.293. The molecule has 0 aliphatic rings. The number of carbonyl (C=O) groups excluding carboxylic acids is 1. The first-order valence-corrected chi connectivity index (χ1v) is 8.25. The lowest BCUT2D eigenvalue weighted by molar-refractivity contribution is 0.102. The number of pyridine rings is 1. The van der Waals surface area contributed by atoms with Gasteiger partial charge in [-0.1, -0.05) is 12.1 Å². The summed E-state index contributed by atoms with van der Waals surface area (Å²) >= 11 is 0. The van der Waals surface area contributed by atoms with Crippen LogP contribution in [0, 0.1) is 5.82 Å². The highest BCUT2D eigenvalue weighted by atomic mass is 19.1. The van der Waals surface area contributed by atoms with E-state index in [0.29, 0.717) is 29.4 Å². The first kappa shape index (κ1) is 18.2. The monoisotopic (exact) mass is 366 g/mol. The number of nitrogen functional groups attached to an aromatic ring is 1. The van der Waals surface area contributed by atoms with E-state index in [1.807, 2.05) is 0 Å². The van der Waals surface area contributed by atoms with Gasteiger partial charge in [-0.3, -0.25) is 4.79 Å². The number of nitrogens with two attached hydrogens (primary N) is 1. The van der Waals surface area contributed by atoms with Crippen molar-refractivity contribution < 1.29 is 13.9 Å². The maximum absolute atomic E-state index is 12.9. The van der Waals surface area contributed by atoms with Gasteiger partial charge in [0, 0.05) is 12.1 Å². The van der Waals surface area contributed by atoms with Crippen molar-refractivity contribution >= 4 is 23.2 Å². The maximum atomic E-state index is 12.9. The minimum absolute atomic E-state index is 0.195. The average molecular weight is 366 g/mol. The zero-order valence-electron chi connectivity index (χ0n) is 14.7. The highest BCUT2D eigenvalue weighted by Crippen LogP contribution is 2.20. The van der Waals surface area contributed by atoms with E-state index in [1.54, 1.807) is 55.6 Å². The van der Waals surface area contributed by atoms with Gasteiger partial charge in [-0.25, -0.2) is 9.37 Å². The number of ether oxygens (including phenoxy) is 1. The Morgan fingerprint density at radius 3 is 2.41 bits per heavy atom. The van der Waals surface area contributed by atoms with Crippen molar-refractivity contribution in [2.24, 2.45) is 0 Å². The van der Waals surface area contributed by atoms with E-state index in [9.17, 15) is 9.18 Å². The van der Waals surface area contributed by atoms with Gasteiger partial charge in [-0.2, -0.15) is 0 Å². The van der Waals surface area contributed by atoms with Gasteiger partial charge in [-0.15, -0.1) is 0 Å². The molecule has 0 saturated carbocycles. The van der Waals surface area contributed by atoms with Crippen LogP contribution in [-0.2, 0) is 6.54 Å². The Morgan fingerprint density at radius 1 is 1.07 bits per heavy atom. The third kappa shape index (κ3) is 4.72. The molecule has 138 valence electrons. The molecule has 0 aliphatic carbocycles. The number of hydrogen-bond donors (Lipinski definition) is 3. The number of nitrogens with zero attached hydrogens (tertiary/aromatic N) is 1. The molecule has 7 heteroatoms. The molecular weight excluding hydrogens is 347 g/mol. The Balaban J connectivity index is 1.63. The van der Waals surface area contributed by atoms with Crippen LogP contribution in [-0.4, -0.2) is 18.0 Å². The van der Waals surface area contributed by atoms with Crippen LogP contribution in [0.15, 0.2) is 60.7 Å². The highest BCUT2D eigenvalue weighted by Gasteiger charge is 2.10. The first-order valence-electron chi connectivity index (χ1n) is 8.25. The van der Waals surface area contributed by atoms with Crippen LogP contribution in [0.1, 0.15) is 15.9 Å². The largest absolute Gasteiger partial charge is 0.497 e. The summed E-state index contributed by atoms with van der Waals surface area (Å²) in [5, 5.41) is 5.84. The number of hydrogen-bond acceptors (Lipinski definition) is 5. The van der Waals surface area contributed by atoms with Crippen molar-refractivity contribution in [2.75, 3.05) is 23.5 Å². The summed E-state index contributed by atoms with van der Waals surface area (Å²) in [6.45, 7) is 0.476. The Bertz CT molecular complexity index is 928. The SMILES string of the molecule is COc1ccc(C(=O)Nc2ccc(NCc3ccc(F)cc3)nc2N)cc1. The van der Waals surface area contributed by atoms with Gasteiger partial charge in [-0.05, 0) is 54.1 Å². The molecule has 2 aromatic carbocycles. The van der Waals surface area contributed by atoms with Crippen LogP contribution in [0.3, 0.4) is 0 Å². The molecule has 0 spiro atoms. The molecule has 4 N–H and O–H groups in total. The third-order valence-electron chi connectivity index (χ3n) is 3.91. The van der Waals surface area contributed by atoms with Crippen LogP contribution in [0.5, 0.6) is 5.75 Å². The second-order valence-electron chi connectivity index (χ2n) is 5.79. The number of halogens is 1. The molecule has 1 heterocycles. The number of carbonyl (C=O) groups is 1. The number of nitrogens with one attached hydrogen (secondary N) is 2. The molecule has 0 fully saturated rings. The van der Waals surface area contributed by atoms with Crippen LogP contribution in [0.2, 0.25) is 0 Å². The highest BCUT2D eigenvalue weighted by molar-refractivity contribution is 6.05. The topological polar surface area (TPSA) is 89.3 Å². The van der Waals surface area contributed by atoms with Crippen molar-refractivity contribution in [2.45, 2.75) is 6.54 Å². The summed E-state index contributed by atoms with van der Waals surface area (Å²) in [5.74, 6) is 0.848. The van der Waals surface area contributed by atoms with Crippen molar-refractivity contribution in [3.8, 4) is 5.75 Å². The molecule has 1 aromatic heterocycles. The number of benzene rings is 2. The molecule has 3 rings (SSSR count). The second-order valence-corrected chi connectivity index (χ2v) is 5.79. The van der Waals surface area contributed by atoms with Crippen LogP contribution in [0.25, 0.3) is 0 Å². The summed E-state index contributed by atoms with van der Waals surface area (Å²) < 4.78 is 18.0. The number of amides is 1. The van der Waals surface area contributed by atoms with Crippen molar-refractivity contribution in [1.29, 1.82) is 0 Å². The Kier molecular flexibility index (Phi) is 5.51.